The first-order valence-corrected chi connectivity index (χ1v) is 7.11. The van der Waals surface area contributed by atoms with Gasteiger partial charge in [-0.2, -0.15) is 0 Å². The maximum absolute atomic E-state index is 12.7. The molecule has 8 nitrogen and oxygen atoms in total. The first-order chi connectivity index (χ1) is 11.4. The SMILES string of the molecule is O=C1c2cc([N+](=O)[O-])ccc2OC(c2ccccc2)C1(Cl)[N+](=O)[O-]. The van der Waals surface area contributed by atoms with Crippen LogP contribution in [0, 0.1) is 20.2 Å². The minimum Gasteiger partial charge on any atom is -0.475 e. The lowest BCUT2D eigenvalue weighted by molar-refractivity contribution is -0.536. The molecule has 0 spiro atoms. The van der Waals surface area contributed by atoms with Crippen LogP contribution in [-0.4, -0.2) is 20.6 Å². The van der Waals surface area contributed by atoms with Crippen LogP contribution in [0.4, 0.5) is 5.69 Å². The van der Waals surface area contributed by atoms with Gasteiger partial charge in [-0.25, -0.2) is 0 Å². The molecule has 9 heteroatoms. The minimum atomic E-state index is -2.61. The van der Waals surface area contributed by atoms with Crippen molar-refractivity contribution in [3.05, 3.63) is 79.9 Å². The van der Waals surface area contributed by atoms with Gasteiger partial charge in [-0.15, -0.1) is 0 Å². The Labute approximate surface area is 139 Å². The summed E-state index contributed by atoms with van der Waals surface area (Å²) in [5.41, 5.74) is -0.323. The van der Waals surface area contributed by atoms with E-state index in [4.69, 9.17) is 16.3 Å². The average molecular weight is 349 g/mol. The van der Waals surface area contributed by atoms with Crippen molar-refractivity contribution >= 4 is 23.1 Å². The van der Waals surface area contributed by atoms with E-state index in [2.05, 4.69) is 0 Å². The summed E-state index contributed by atoms with van der Waals surface area (Å²) >= 11 is 6.08. The van der Waals surface area contributed by atoms with Crippen LogP contribution in [-0.2, 0) is 0 Å². The Morgan fingerprint density at radius 3 is 2.33 bits per heavy atom. The highest BCUT2D eigenvalue weighted by Crippen LogP contribution is 2.46. The first kappa shape index (κ1) is 15.9. The van der Waals surface area contributed by atoms with Gasteiger partial charge in [0.1, 0.15) is 5.75 Å². The Kier molecular flexibility index (Phi) is 3.69. The lowest BCUT2D eigenvalue weighted by Crippen LogP contribution is -2.51. The van der Waals surface area contributed by atoms with Crippen molar-refractivity contribution in [3.63, 3.8) is 0 Å². The van der Waals surface area contributed by atoms with E-state index >= 15 is 0 Å². The van der Waals surface area contributed by atoms with Crippen molar-refractivity contribution in [2.75, 3.05) is 0 Å². The molecule has 2 atom stereocenters. The summed E-state index contributed by atoms with van der Waals surface area (Å²) in [5.74, 6) is -1.04. The Morgan fingerprint density at radius 2 is 1.75 bits per heavy atom. The second kappa shape index (κ2) is 5.57. The molecule has 0 fully saturated rings. The van der Waals surface area contributed by atoms with Crippen LogP contribution >= 0.6 is 11.6 Å². The topological polar surface area (TPSA) is 113 Å². The summed E-state index contributed by atoms with van der Waals surface area (Å²) in [7, 11) is 0. The third kappa shape index (κ3) is 2.28. The van der Waals surface area contributed by atoms with Crippen LogP contribution in [0.5, 0.6) is 5.75 Å². The number of rotatable bonds is 3. The molecule has 2 unspecified atom stereocenters. The summed E-state index contributed by atoms with van der Waals surface area (Å²) in [5, 5.41) is 22.4. The lowest BCUT2D eigenvalue weighted by atomic mass is 9.91. The largest absolute Gasteiger partial charge is 0.475 e. The number of alkyl halides is 1. The van der Waals surface area contributed by atoms with Crippen LogP contribution in [0.25, 0.3) is 0 Å². The van der Waals surface area contributed by atoms with E-state index in [-0.39, 0.29) is 17.0 Å². The zero-order chi connectivity index (χ0) is 17.5. The fraction of sp³-hybridized carbons (Fsp3) is 0.133. The average Bonchev–Trinajstić information content (AvgIpc) is 2.58. The summed E-state index contributed by atoms with van der Waals surface area (Å²) in [4.78, 5) is 30.8. The molecule has 1 aliphatic rings. The van der Waals surface area contributed by atoms with E-state index in [0.717, 1.165) is 12.1 Å². The minimum absolute atomic E-state index is 0.0116. The molecule has 0 amide bonds. The van der Waals surface area contributed by atoms with E-state index in [1.165, 1.54) is 6.07 Å². The van der Waals surface area contributed by atoms with E-state index in [9.17, 15) is 25.0 Å². The molecule has 1 aliphatic heterocycles. The second-order valence-electron chi connectivity index (χ2n) is 5.11. The molecule has 0 bridgehead atoms. The molecular weight excluding hydrogens is 340 g/mol. The number of Topliss-reactive ketones (excluding diaryl/α,β-unsaturated/α-hetero) is 1. The predicted octanol–water partition coefficient (Wildman–Crippen LogP) is 3.12. The molecule has 0 radical (unpaired) electrons. The van der Waals surface area contributed by atoms with Crippen molar-refractivity contribution in [1.29, 1.82) is 0 Å². The number of hydrogen-bond donors (Lipinski definition) is 0. The summed E-state index contributed by atoms with van der Waals surface area (Å²) < 4.78 is 5.58. The Morgan fingerprint density at radius 1 is 1.08 bits per heavy atom. The van der Waals surface area contributed by atoms with Crippen LogP contribution in [0.15, 0.2) is 48.5 Å². The second-order valence-corrected chi connectivity index (χ2v) is 5.68. The van der Waals surface area contributed by atoms with E-state index in [1.807, 2.05) is 0 Å². The fourth-order valence-electron chi connectivity index (χ4n) is 2.52. The maximum atomic E-state index is 12.7. The Hall–Kier alpha value is -3.00. The summed E-state index contributed by atoms with van der Waals surface area (Å²) in [6, 6.07) is 11.4. The quantitative estimate of drug-likeness (QED) is 0.364. The third-order valence-corrected chi connectivity index (χ3v) is 4.21. The van der Waals surface area contributed by atoms with Gasteiger partial charge in [0.15, 0.2) is 0 Å². The number of halogens is 1. The van der Waals surface area contributed by atoms with Gasteiger partial charge in [0, 0.05) is 17.7 Å². The molecule has 0 N–H and O–H groups in total. The van der Waals surface area contributed by atoms with Crippen LogP contribution in [0.1, 0.15) is 22.0 Å². The van der Waals surface area contributed by atoms with Gasteiger partial charge in [0.25, 0.3) is 11.5 Å². The molecule has 1 heterocycles. The standard InChI is InChI=1S/C15H9ClN2O6/c16-15(18(22)23)13(19)11-8-10(17(20)21)6-7-12(11)24-14(15)9-4-2-1-3-5-9/h1-8,14H. The number of nitro groups is 2. The number of nitro benzene ring substituents is 1. The normalized spacial score (nSPS) is 22.4. The number of benzene rings is 2. The number of hydrogen-bond acceptors (Lipinski definition) is 6. The fourth-order valence-corrected chi connectivity index (χ4v) is 2.79. The number of nitrogens with zero attached hydrogens (tertiary/aromatic N) is 2. The third-order valence-electron chi connectivity index (χ3n) is 3.70. The number of carbonyl (C=O) groups excluding carboxylic acids is 1. The summed E-state index contributed by atoms with van der Waals surface area (Å²) in [6.07, 6.45) is -1.36. The smallest absolute Gasteiger partial charge is 0.397 e. The Balaban J connectivity index is 2.19. The highest BCUT2D eigenvalue weighted by atomic mass is 35.5. The molecular formula is C15H9ClN2O6. The molecule has 24 heavy (non-hydrogen) atoms. The molecule has 0 saturated carbocycles. The van der Waals surface area contributed by atoms with E-state index in [0.29, 0.717) is 5.56 Å². The van der Waals surface area contributed by atoms with Gasteiger partial charge in [-0.05, 0) is 17.7 Å². The number of ketones is 1. The Bertz CT molecular complexity index is 856. The van der Waals surface area contributed by atoms with Crippen molar-refractivity contribution in [3.8, 4) is 5.75 Å². The number of non-ortho nitro benzene ring substituents is 1. The van der Waals surface area contributed by atoms with Gasteiger partial charge < -0.3 is 4.74 Å². The van der Waals surface area contributed by atoms with Crippen molar-refractivity contribution in [2.24, 2.45) is 0 Å². The van der Waals surface area contributed by atoms with Gasteiger partial charge in [-0.3, -0.25) is 25.0 Å². The van der Waals surface area contributed by atoms with Gasteiger partial charge in [0.05, 0.1) is 15.4 Å². The maximum Gasteiger partial charge on any atom is 0.397 e. The number of ether oxygens (including phenoxy) is 1. The van der Waals surface area contributed by atoms with Crippen molar-refractivity contribution in [1.82, 2.24) is 0 Å². The predicted molar refractivity (Wildman–Crippen MR) is 82.8 cm³/mol. The zero-order valence-corrected chi connectivity index (χ0v) is 12.7. The first-order valence-electron chi connectivity index (χ1n) is 6.74. The zero-order valence-electron chi connectivity index (χ0n) is 11.9. The highest BCUT2D eigenvalue weighted by Gasteiger charge is 2.62. The molecule has 0 saturated heterocycles. The van der Waals surface area contributed by atoms with E-state index in [1.54, 1.807) is 30.3 Å². The molecule has 3 rings (SSSR count). The number of fused-ring (bicyclic) bond motifs is 1. The molecule has 0 aromatic heterocycles. The lowest BCUT2D eigenvalue weighted by Gasteiger charge is -2.32. The van der Waals surface area contributed by atoms with Crippen LogP contribution in [0.3, 0.4) is 0 Å². The highest BCUT2D eigenvalue weighted by molar-refractivity contribution is 6.37. The van der Waals surface area contributed by atoms with Gasteiger partial charge in [0.2, 0.25) is 6.10 Å². The van der Waals surface area contributed by atoms with Crippen molar-refractivity contribution in [2.45, 2.75) is 11.1 Å². The van der Waals surface area contributed by atoms with E-state index < -0.39 is 26.7 Å². The monoisotopic (exact) mass is 348 g/mol. The summed E-state index contributed by atoms with van der Waals surface area (Å²) in [6.45, 7) is 0. The molecule has 0 aliphatic carbocycles. The van der Waals surface area contributed by atoms with Crippen LogP contribution in [0.2, 0.25) is 0 Å². The number of carbonyl (C=O) groups is 1. The van der Waals surface area contributed by atoms with Gasteiger partial charge in [-0.1, -0.05) is 30.3 Å². The molecule has 2 aromatic rings. The van der Waals surface area contributed by atoms with Gasteiger partial charge >= 0.3 is 5.00 Å². The van der Waals surface area contributed by atoms with Crippen molar-refractivity contribution < 1.29 is 19.4 Å². The molecule has 122 valence electrons. The van der Waals surface area contributed by atoms with Crippen LogP contribution < -0.4 is 4.74 Å². The molecule has 2 aromatic carbocycles.